The van der Waals surface area contributed by atoms with Crippen molar-refractivity contribution < 1.29 is 19.1 Å². The molecule has 0 fully saturated rings. The number of ketones is 1. The minimum atomic E-state index is -0.324. The van der Waals surface area contributed by atoms with Crippen LogP contribution in [0.4, 0.5) is 0 Å². The van der Waals surface area contributed by atoms with E-state index in [-0.39, 0.29) is 11.8 Å². The van der Waals surface area contributed by atoms with E-state index in [0.29, 0.717) is 30.1 Å². The van der Waals surface area contributed by atoms with Crippen molar-refractivity contribution in [3.63, 3.8) is 0 Å². The molecule has 0 saturated carbocycles. The number of ether oxygens (including phenoxy) is 2. The monoisotopic (exact) mass is 298 g/mol. The van der Waals surface area contributed by atoms with Crippen molar-refractivity contribution in [2.75, 3.05) is 6.61 Å². The molecule has 2 aromatic rings. The molecule has 0 aliphatic heterocycles. The van der Waals surface area contributed by atoms with Gasteiger partial charge >= 0.3 is 5.97 Å². The minimum absolute atomic E-state index is 0.0288. The van der Waals surface area contributed by atoms with Crippen molar-refractivity contribution in [2.45, 2.75) is 20.5 Å². The molecule has 2 aromatic carbocycles. The summed E-state index contributed by atoms with van der Waals surface area (Å²) in [5.41, 5.74) is 2.13. The van der Waals surface area contributed by atoms with E-state index in [1.807, 2.05) is 12.1 Å². The molecule has 0 N–H and O–H groups in total. The molecule has 0 aromatic heterocycles. The van der Waals surface area contributed by atoms with Gasteiger partial charge < -0.3 is 9.47 Å². The van der Waals surface area contributed by atoms with Gasteiger partial charge in [0, 0.05) is 5.56 Å². The van der Waals surface area contributed by atoms with Crippen molar-refractivity contribution in [3.05, 3.63) is 65.2 Å². The van der Waals surface area contributed by atoms with Crippen LogP contribution in [0.5, 0.6) is 5.75 Å². The van der Waals surface area contributed by atoms with Gasteiger partial charge in [-0.05, 0) is 55.8 Å². The standard InChI is InChI=1S/C18H18O4/c1-3-21-18(20)16-6-4-14(5-7-16)12-22-17-10-8-15(9-11-17)13(2)19/h4-11H,3,12H2,1-2H3. The number of hydrogen-bond donors (Lipinski definition) is 0. The zero-order chi connectivity index (χ0) is 15.9. The van der Waals surface area contributed by atoms with Crippen LogP contribution >= 0.6 is 0 Å². The Morgan fingerprint density at radius 1 is 0.909 bits per heavy atom. The first-order valence-corrected chi connectivity index (χ1v) is 7.10. The SMILES string of the molecule is CCOC(=O)c1ccc(COc2ccc(C(C)=O)cc2)cc1. The molecule has 114 valence electrons. The van der Waals surface area contributed by atoms with Crippen molar-refractivity contribution in [1.82, 2.24) is 0 Å². The predicted octanol–water partition coefficient (Wildman–Crippen LogP) is 3.64. The molecule has 0 aliphatic carbocycles. The lowest BCUT2D eigenvalue weighted by Gasteiger charge is -2.07. The van der Waals surface area contributed by atoms with E-state index in [1.54, 1.807) is 43.3 Å². The number of carbonyl (C=O) groups is 2. The van der Waals surface area contributed by atoms with Crippen molar-refractivity contribution in [3.8, 4) is 5.75 Å². The topological polar surface area (TPSA) is 52.6 Å². The van der Waals surface area contributed by atoms with Gasteiger partial charge in [0.1, 0.15) is 12.4 Å². The van der Waals surface area contributed by atoms with E-state index >= 15 is 0 Å². The molecule has 0 atom stereocenters. The first kappa shape index (κ1) is 15.8. The zero-order valence-electron chi connectivity index (χ0n) is 12.7. The molecule has 0 aliphatic rings. The second-order valence-corrected chi connectivity index (χ2v) is 4.79. The van der Waals surface area contributed by atoms with Crippen LogP contribution in [0.15, 0.2) is 48.5 Å². The molecule has 0 amide bonds. The normalized spacial score (nSPS) is 10.1. The third kappa shape index (κ3) is 4.19. The Morgan fingerprint density at radius 2 is 1.50 bits per heavy atom. The molecule has 0 heterocycles. The van der Waals surface area contributed by atoms with E-state index in [0.717, 1.165) is 5.56 Å². The fourth-order valence-corrected chi connectivity index (χ4v) is 1.90. The maximum absolute atomic E-state index is 11.5. The van der Waals surface area contributed by atoms with Gasteiger partial charge in [0.25, 0.3) is 0 Å². The van der Waals surface area contributed by atoms with Crippen LogP contribution in [0.2, 0.25) is 0 Å². The van der Waals surface area contributed by atoms with E-state index in [2.05, 4.69) is 0 Å². The Bertz CT molecular complexity index is 642. The number of carbonyl (C=O) groups excluding carboxylic acids is 2. The number of rotatable bonds is 6. The average Bonchev–Trinajstić information content (AvgIpc) is 2.54. The van der Waals surface area contributed by atoms with Gasteiger partial charge in [-0.2, -0.15) is 0 Å². The summed E-state index contributed by atoms with van der Waals surface area (Å²) in [5, 5.41) is 0. The highest BCUT2D eigenvalue weighted by molar-refractivity contribution is 5.94. The maximum Gasteiger partial charge on any atom is 0.338 e. The Kier molecular flexibility index (Phi) is 5.31. The number of hydrogen-bond acceptors (Lipinski definition) is 4. The largest absolute Gasteiger partial charge is 0.489 e. The summed E-state index contributed by atoms with van der Waals surface area (Å²) in [4.78, 5) is 22.7. The zero-order valence-corrected chi connectivity index (χ0v) is 12.7. The van der Waals surface area contributed by atoms with Crippen LogP contribution in [0.1, 0.15) is 40.1 Å². The van der Waals surface area contributed by atoms with E-state index in [9.17, 15) is 9.59 Å². The minimum Gasteiger partial charge on any atom is -0.489 e. The maximum atomic E-state index is 11.5. The first-order chi connectivity index (χ1) is 10.6. The molecule has 0 radical (unpaired) electrons. The highest BCUT2D eigenvalue weighted by Crippen LogP contribution is 2.15. The van der Waals surface area contributed by atoms with E-state index in [1.165, 1.54) is 6.92 Å². The summed E-state index contributed by atoms with van der Waals surface area (Å²) < 4.78 is 10.6. The molecule has 22 heavy (non-hydrogen) atoms. The third-order valence-corrected chi connectivity index (χ3v) is 3.13. The van der Waals surface area contributed by atoms with Gasteiger partial charge in [0.05, 0.1) is 12.2 Å². The molecule has 0 bridgehead atoms. The van der Waals surface area contributed by atoms with Gasteiger partial charge in [-0.25, -0.2) is 4.79 Å². The lowest BCUT2D eigenvalue weighted by molar-refractivity contribution is 0.0526. The Balaban J connectivity index is 1.94. The van der Waals surface area contributed by atoms with Crippen LogP contribution < -0.4 is 4.74 Å². The second-order valence-electron chi connectivity index (χ2n) is 4.79. The summed E-state index contributed by atoms with van der Waals surface area (Å²) in [6, 6.07) is 14.1. The van der Waals surface area contributed by atoms with Crippen molar-refractivity contribution in [2.24, 2.45) is 0 Å². The van der Waals surface area contributed by atoms with Crippen LogP contribution in [0.25, 0.3) is 0 Å². The second kappa shape index (κ2) is 7.41. The summed E-state index contributed by atoms with van der Waals surface area (Å²) in [5.74, 6) is 0.398. The lowest BCUT2D eigenvalue weighted by atomic mass is 10.1. The molecule has 0 spiro atoms. The summed E-state index contributed by atoms with van der Waals surface area (Å²) in [6.45, 7) is 4.06. The van der Waals surface area contributed by atoms with Gasteiger partial charge in [0.15, 0.2) is 5.78 Å². The number of Topliss-reactive ketones (excluding diaryl/α,β-unsaturated/α-hetero) is 1. The van der Waals surface area contributed by atoms with Crippen molar-refractivity contribution in [1.29, 1.82) is 0 Å². The fourth-order valence-electron chi connectivity index (χ4n) is 1.90. The fraction of sp³-hybridized carbons (Fsp3) is 0.222. The Labute approximate surface area is 129 Å². The summed E-state index contributed by atoms with van der Waals surface area (Å²) in [7, 11) is 0. The van der Waals surface area contributed by atoms with Crippen LogP contribution in [-0.4, -0.2) is 18.4 Å². The molecule has 0 unspecified atom stereocenters. The van der Waals surface area contributed by atoms with Gasteiger partial charge in [-0.15, -0.1) is 0 Å². The molecular weight excluding hydrogens is 280 g/mol. The Morgan fingerprint density at radius 3 is 2.05 bits per heavy atom. The average molecular weight is 298 g/mol. The van der Waals surface area contributed by atoms with Gasteiger partial charge in [0.2, 0.25) is 0 Å². The first-order valence-electron chi connectivity index (χ1n) is 7.10. The van der Waals surface area contributed by atoms with E-state index < -0.39 is 0 Å². The highest BCUT2D eigenvalue weighted by atomic mass is 16.5. The quantitative estimate of drug-likeness (QED) is 0.603. The molecule has 4 heteroatoms. The van der Waals surface area contributed by atoms with Crippen LogP contribution in [-0.2, 0) is 11.3 Å². The van der Waals surface area contributed by atoms with Crippen molar-refractivity contribution >= 4 is 11.8 Å². The van der Waals surface area contributed by atoms with Crippen LogP contribution in [0, 0.1) is 0 Å². The predicted molar refractivity (Wildman–Crippen MR) is 83.2 cm³/mol. The smallest absolute Gasteiger partial charge is 0.338 e. The highest BCUT2D eigenvalue weighted by Gasteiger charge is 2.06. The third-order valence-electron chi connectivity index (χ3n) is 3.13. The summed E-state index contributed by atoms with van der Waals surface area (Å²) in [6.07, 6.45) is 0. The molecule has 4 nitrogen and oxygen atoms in total. The van der Waals surface area contributed by atoms with Crippen LogP contribution in [0.3, 0.4) is 0 Å². The molecular formula is C18H18O4. The summed E-state index contributed by atoms with van der Waals surface area (Å²) >= 11 is 0. The van der Waals surface area contributed by atoms with Gasteiger partial charge in [-0.1, -0.05) is 12.1 Å². The lowest BCUT2D eigenvalue weighted by Crippen LogP contribution is -2.04. The Hall–Kier alpha value is -2.62. The number of benzene rings is 2. The molecule has 0 saturated heterocycles. The molecule has 2 rings (SSSR count). The number of esters is 1. The van der Waals surface area contributed by atoms with E-state index in [4.69, 9.17) is 9.47 Å². The van der Waals surface area contributed by atoms with Gasteiger partial charge in [-0.3, -0.25) is 4.79 Å².